The van der Waals surface area contributed by atoms with Crippen molar-refractivity contribution >= 4 is 27.2 Å². The van der Waals surface area contributed by atoms with Crippen molar-refractivity contribution in [3.8, 4) is 11.3 Å². The Morgan fingerprint density at radius 1 is 1.00 bits per heavy atom. The number of fused-ring (bicyclic) bond motifs is 2. The zero-order chi connectivity index (χ0) is 15.8. The van der Waals surface area contributed by atoms with Gasteiger partial charge < -0.3 is 4.40 Å². The highest BCUT2D eigenvalue weighted by atomic mass is 32.2. The Morgan fingerprint density at radius 3 is 2.65 bits per heavy atom. The molecule has 114 valence electrons. The average molecular weight is 320 g/mol. The predicted octanol–water partition coefficient (Wildman–Crippen LogP) is 4.28. The van der Waals surface area contributed by atoms with Gasteiger partial charge in [0.15, 0.2) is 0 Å². The largest absolute Gasteiger partial charge is 0.305 e. The van der Waals surface area contributed by atoms with Crippen LogP contribution in [0.2, 0.25) is 0 Å². The molecule has 0 aliphatic rings. The van der Waals surface area contributed by atoms with Gasteiger partial charge in [-0.1, -0.05) is 43.3 Å². The second-order valence-corrected chi connectivity index (χ2v) is 7.19. The highest BCUT2D eigenvalue weighted by molar-refractivity contribution is 7.85. The minimum Gasteiger partial charge on any atom is -0.305 e. The maximum atomic E-state index is 12.0. The maximum Gasteiger partial charge on any atom is 0.137 e. The molecule has 0 fully saturated rings. The highest BCUT2D eigenvalue weighted by Gasteiger charge is 2.08. The molecule has 0 spiro atoms. The molecule has 2 aromatic carbocycles. The molecule has 0 radical (unpaired) electrons. The zero-order valence-electron chi connectivity index (χ0n) is 12.8. The van der Waals surface area contributed by atoms with E-state index in [2.05, 4.69) is 35.3 Å². The molecule has 0 bridgehead atoms. The van der Waals surface area contributed by atoms with Crippen LogP contribution in [0.1, 0.15) is 6.92 Å². The molecule has 4 aromatic rings. The third-order valence-electron chi connectivity index (χ3n) is 3.99. The van der Waals surface area contributed by atoms with E-state index in [1.165, 1.54) is 10.8 Å². The normalized spacial score (nSPS) is 12.7. The van der Waals surface area contributed by atoms with Crippen LogP contribution in [0.15, 0.2) is 71.9 Å². The van der Waals surface area contributed by atoms with Gasteiger partial charge in [0.05, 0.1) is 21.4 Å². The first-order valence-corrected chi connectivity index (χ1v) is 8.93. The van der Waals surface area contributed by atoms with Crippen molar-refractivity contribution in [1.82, 2.24) is 9.38 Å². The predicted molar refractivity (Wildman–Crippen MR) is 95.1 cm³/mol. The SMILES string of the molecule is CCS(=O)c1ccc2nc(-c3ccc4ccccc4c3)cn2c1. The molecule has 2 aromatic heterocycles. The van der Waals surface area contributed by atoms with Crippen LogP contribution in [0, 0.1) is 0 Å². The zero-order valence-corrected chi connectivity index (χ0v) is 13.6. The van der Waals surface area contributed by atoms with Crippen molar-refractivity contribution < 1.29 is 4.21 Å². The second-order valence-electron chi connectivity index (χ2n) is 5.45. The molecule has 1 atom stereocenters. The Kier molecular flexibility index (Phi) is 3.46. The van der Waals surface area contributed by atoms with Gasteiger partial charge in [-0.15, -0.1) is 0 Å². The van der Waals surface area contributed by atoms with Gasteiger partial charge in [0, 0.05) is 23.7 Å². The van der Waals surface area contributed by atoms with E-state index in [1.807, 2.05) is 48.0 Å². The number of hydrogen-bond donors (Lipinski definition) is 0. The molecule has 2 heterocycles. The minimum atomic E-state index is -0.949. The number of nitrogens with zero attached hydrogens (tertiary/aromatic N) is 2. The standard InChI is InChI=1S/C19H16N2OS/c1-2-23(22)17-9-10-19-20-18(13-21(19)12-17)16-8-7-14-5-3-4-6-15(14)11-16/h3-13H,2H2,1H3. The summed E-state index contributed by atoms with van der Waals surface area (Å²) in [4.78, 5) is 5.52. The monoisotopic (exact) mass is 320 g/mol. The van der Waals surface area contributed by atoms with E-state index in [0.717, 1.165) is 21.8 Å². The minimum absolute atomic E-state index is 0.623. The summed E-state index contributed by atoms with van der Waals surface area (Å²) in [5.74, 6) is 0.623. The summed E-state index contributed by atoms with van der Waals surface area (Å²) in [6.07, 6.45) is 3.91. The Balaban J connectivity index is 1.82. The van der Waals surface area contributed by atoms with Crippen LogP contribution < -0.4 is 0 Å². The van der Waals surface area contributed by atoms with Gasteiger partial charge in [0.25, 0.3) is 0 Å². The lowest BCUT2D eigenvalue weighted by Crippen LogP contribution is -1.95. The van der Waals surface area contributed by atoms with Crippen LogP contribution in [-0.4, -0.2) is 19.3 Å². The number of imidazole rings is 1. The summed E-state index contributed by atoms with van der Waals surface area (Å²) < 4.78 is 13.9. The summed E-state index contributed by atoms with van der Waals surface area (Å²) in [5.41, 5.74) is 2.88. The van der Waals surface area contributed by atoms with Crippen LogP contribution in [0.25, 0.3) is 27.7 Å². The Labute approximate surface area is 137 Å². The fraction of sp³-hybridized carbons (Fsp3) is 0.105. The van der Waals surface area contributed by atoms with E-state index in [0.29, 0.717) is 5.75 Å². The first-order valence-electron chi connectivity index (χ1n) is 7.61. The summed E-state index contributed by atoms with van der Waals surface area (Å²) in [5, 5.41) is 2.43. The summed E-state index contributed by atoms with van der Waals surface area (Å²) >= 11 is 0. The Bertz CT molecular complexity index is 1040. The van der Waals surface area contributed by atoms with Crippen LogP contribution in [0.3, 0.4) is 0 Å². The Morgan fingerprint density at radius 2 is 1.83 bits per heavy atom. The number of rotatable bonds is 3. The van der Waals surface area contributed by atoms with Crippen molar-refractivity contribution in [3.05, 3.63) is 67.0 Å². The molecule has 0 saturated carbocycles. The number of aromatic nitrogens is 2. The summed E-state index contributed by atoms with van der Waals surface area (Å²) in [6.45, 7) is 1.93. The van der Waals surface area contributed by atoms with E-state index in [9.17, 15) is 4.21 Å². The topological polar surface area (TPSA) is 34.4 Å². The molecule has 0 saturated heterocycles. The molecule has 1 unspecified atom stereocenters. The molecule has 23 heavy (non-hydrogen) atoms. The van der Waals surface area contributed by atoms with E-state index in [-0.39, 0.29) is 0 Å². The van der Waals surface area contributed by atoms with Crippen LogP contribution in [-0.2, 0) is 10.8 Å². The number of benzene rings is 2. The first-order chi connectivity index (χ1) is 11.2. The fourth-order valence-corrected chi connectivity index (χ4v) is 3.54. The van der Waals surface area contributed by atoms with Crippen LogP contribution >= 0.6 is 0 Å². The van der Waals surface area contributed by atoms with Crippen LogP contribution in [0.5, 0.6) is 0 Å². The summed E-state index contributed by atoms with van der Waals surface area (Å²) in [6, 6.07) is 18.5. The van der Waals surface area contributed by atoms with Gasteiger partial charge in [-0.2, -0.15) is 0 Å². The highest BCUT2D eigenvalue weighted by Crippen LogP contribution is 2.24. The van der Waals surface area contributed by atoms with E-state index >= 15 is 0 Å². The van der Waals surface area contributed by atoms with Crippen molar-refractivity contribution in [1.29, 1.82) is 0 Å². The van der Waals surface area contributed by atoms with E-state index in [1.54, 1.807) is 0 Å². The van der Waals surface area contributed by atoms with Gasteiger partial charge in [-0.25, -0.2) is 4.98 Å². The fourth-order valence-electron chi connectivity index (χ4n) is 2.76. The quantitative estimate of drug-likeness (QED) is 0.564. The molecule has 4 heteroatoms. The average Bonchev–Trinajstić information content (AvgIpc) is 3.03. The lowest BCUT2D eigenvalue weighted by molar-refractivity contribution is 0.683. The van der Waals surface area contributed by atoms with Crippen molar-refractivity contribution in [3.63, 3.8) is 0 Å². The molecular formula is C19H16N2OS. The van der Waals surface area contributed by atoms with Gasteiger partial charge in [0.2, 0.25) is 0 Å². The van der Waals surface area contributed by atoms with Crippen molar-refractivity contribution in [2.24, 2.45) is 0 Å². The molecule has 0 aliphatic carbocycles. The Hall–Kier alpha value is -2.46. The number of hydrogen-bond acceptors (Lipinski definition) is 2. The molecule has 0 N–H and O–H groups in total. The maximum absolute atomic E-state index is 12.0. The lowest BCUT2D eigenvalue weighted by atomic mass is 10.1. The molecular weight excluding hydrogens is 304 g/mol. The third kappa shape index (κ3) is 2.55. The van der Waals surface area contributed by atoms with E-state index in [4.69, 9.17) is 0 Å². The lowest BCUT2D eigenvalue weighted by Gasteiger charge is -2.00. The van der Waals surface area contributed by atoms with Crippen molar-refractivity contribution in [2.75, 3.05) is 5.75 Å². The second kappa shape index (κ2) is 5.63. The number of pyridine rings is 1. The first kappa shape index (κ1) is 14.2. The van der Waals surface area contributed by atoms with E-state index < -0.39 is 10.8 Å². The molecule has 4 rings (SSSR count). The van der Waals surface area contributed by atoms with Crippen molar-refractivity contribution in [2.45, 2.75) is 11.8 Å². The molecule has 0 amide bonds. The van der Waals surface area contributed by atoms with Crippen LogP contribution in [0.4, 0.5) is 0 Å². The van der Waals surface area contributed by atoms with Gasteiger partial charge in [-0.3, -0.25) is 4.21 Å². The van der Waals surface area contributed by atoms with Gasteiger partial charge in [-0.05, 0) is 29.0 Å². The smallest absolute Gasteiger partial charge is 0.137 e. The third-order valence-corrected chi connectivity index (χ3v) is 5.29. The van der Waals surface area contributed by atoms with Gasteiger partial charge >= 0.3 is 0 Å². The molecule has 3 nitrogen and oxygen atoms in total. The summed E-state index contributed by atoms with van der Waals surface area (Å²) in [7, 11) is -0.949. The molecule has 0 aliphatic heterocycles. The van der Waals surface area contributed by atoms with Gasteiger partial charge in [0.1, 0.15) is 5.65 Å².